The summed E-state index contributed by atoms with van der Waals surface area (Å²) >= 11 is 0. The first-order chi connectivity index (χ1) is 9.74. The van der Waals surface area contributed by atoms with E-state index in [0.717, 1.165) is 0 Å². The molecule has 1 aliphatic rings. The summed E-state index contributed by atoms with van der Waals surface area (Å²) in [6.45, 7) is 0. The fraction of sp³-hybridized carbons (Fsp3) is 0.333. The molecular formula is C18H22N2. The van der Waals surface area contributed by atoms with Crippen LogP contribution in [0.5, 0.6) is 0 Å². The first-order valence-corrected chi connectivity index (χ1v) is 7.33. The van der Waals surface area contributed by atoms with Crippen molar-refractivity contribution in [3.8, 4) is 0 Å². The third kappa shape index (κ3) is 2.64. The summed E-state index contributed by atoms with van der Waals surface area (Å²) in [5, 5.41) is 3.65. The standard InChI is InChI=1S/C18H22N2/c1-20(2)16-10-8-14(9-11-16)17-12-13-18(17)19-15-6-4-3-5-7-15/h3-11,17-19H,12-13H2,1-2H3. The minimum Gasteiger partial charge on any atom is -0.382 e. The second-order valence-electron chi connectivity index (χ2n) is 5.79. The van der Waals surface area contributed by atoms with Gasteiger partial charge in [0.2, 0.25) is 0 Å². The van der Waals surface area contributed by atoms with Crippen molar-refractivity contribution in [1.29, 1.82) is 0 Å². The van der Waals surface area contributed by atoms with Crippen LogP contribution in [-0.4, -0.2) is 20.1 Å². The van der Waals surface area contributed by atoms with Crippen molar-refractivity contribution in [2.45, 2.75) is 24.8 Å². The van der Waals surface area contributed by atoms with E-state index in [1.807, 2.05) is 0 Å². The Bertz CT molecular complexity index is 545. The molecule has 1 aliphatic carbocycles. The molecule has 2 atom stereocenters. The van der Waals surface area contributed by atoms with E-state index in [-0.39, 0.29) is 0 Å². The lowest BCUT2D eigenvalue weighted by atomic mass is 9.75. The van der Waals surface area contributed by atoms with Crippen LogP contribution in [0.15, 0.2) is 54.6 Å². The van der Waals surface area contributed by atoms with Gasteiger partial charge in [0.1, 0.15) is 0 Å². The Morgan fingerprint density at radius 1 is 0.900 bits per heavy atom. The third-order valence-electron chi connectivity index (χ3n) is 4.24. The van der Waals surface area contributed by atoms with Crippen LogP contribution in [0.4, 0.5) is 11.4 Å². The average molecular weight is 266 g/mol. The SMILES string of the molecule is CN(C)c1ccc(C2CCC2Nc2ccccc2)cc1. The predicted molar refractivity (Wildman–Crippen MR) is 86.6 cm³/mol. The van der Waals surface area contributed by atoms with Gasteiger partial charge >= 0.3 is 0 Å². The van der Waals surface area contributed by atoms with Crippen LogP contribution < -0.4 is 10.2 Å². The molecule has 2 heteroatoms. The molecule has 2 nitrogen and oxygen atoms in total. The highest BCUT2D eigenvalue weighted by atomic mass is 15.1. The smallest absolute Gasteiger partial charge is 0.0361 e. The lowest BCUT2D eigenvalue weighted by Crippen LogP contribution is -2.36. The number of rotatable bonds is 4. The Labute approximate surface area is 121 Å². The van der Waals surface area contributed by atoms with Crippen LogP contribution >= 0.6 is 0 Å². The van der Waals surface area contributed by atoms with Gasteiger partial charge in [0.25, 0.3) is 0 Å². The van der Waals surface area contributed by atoms with Gasteiger partial charge in [-0.15, -0.1) is 0 Å². The predicted octanol–water partition coefficient (Wildman–Crippen LogP) is 4.11. The number of nitrogens with one attached hydrogen (secondary N) is 1. The van der Waals surface area contributed by atoms with Crippen LogP contribution in [-0.2, 0) is 0 Å². The van der Waals surface area contributed by atoms with E-state index in [1.54, 1.807) is 0 Å². The Hall–Kier alpha value is -1.96. The van der Waals surface area contributed by atoms with Crippen molar-refractivity contribution in [3.63, 3.8) is 0 Å². The number of nitrogens with zero attached hydrogens (tertiary/aromatic N) is 1. The molecule has 2 aromatic rings. The summed E-state index contributed by atoms with van der Waals surface area (Å²) in [4.78, 5) is 2.14. The number of para-hydroxylation sites is 1. The topological polar surface area (TPSA) is 15.3 Å². The van der Waals surface area contributed by atoms with Crippen molar-refractivity contribution in [2.24, 2.45) is 0 Å². The van der Waals surface area contributed by atoms with Crippen LogP contribution in [0.2, 0.25) is 0 Å². The average Bonchev–Trinajstić information content (AvgIpc) is 2.45. The molecule has 1 N–H and O–H groups in total. The van der Waals surface area contributed by atoms with E-state index in [0.29, 0.717) is 12.0 Å². The number of benzene rings is 2. The Morgan fingerprint density at radius 2 is 1.60 bits per heavy atom. The van der Waals surface area contributed by atoms with Gasteiger partial charge < -0.3 is 10.2 Å². The van der Waals surface area contributed by atoms with E-state index in [9.17, 15) is 0 Å². The first-order valence-electron chi connectivity index (χ1n) is 7.33. The van der Waals surface area contributed by atoms with Crippen molar-refractivity contribution in [3.05, 3.63) is 60.2 Å². The highest BCUT2D eigenvalue weighted by Gasteiger charge is 2.31. The number of hydrogen-bond acceptors (Lipinski definition) is 2. The van der Waals surface area contributed by atoms with Crippen LogP contribution in [0.1, 0.15) is 24.3 Å². The summed E-state index contributed by atoms with van der Waals surface area (Å²) in [6.07, 6.45) is 2.54. The normalized spacial score (nSPS) is 21.1. The molecule has 2 unspecified atom stereocenters. The molecular weight excluding hydrogens is 244 g/mol. The van der Waals surface area contributed by atoms with Crippen molar-refractivity contribution in [1.82, 2.24) is 0 Å². The van der Waals surface area contributed by atoms with Gasteiger partial charge in [0.15, 0.2) is 0 Å². The molecule has 3 rings (SSSR count). The highest BCUT2D eigenvalue weighted by Crippen LogP contribution is 2.39. The summed E-state index contributed by atoms with van der Waals surface area (Å²) in [7, 11) is 4.16. The van der Waals surface area contributed by atoms with Gasteiger partial charge in [-0.25, -0.2) is 0 Å². The monoisotopic (exact) mass is 266 g/mol. The summed E-state index contributed by atoms with van der Waals surface area (Å²) < 4.78 is 0. The Balaban J connectivity index is 1.68. The maximum absolute atomic E-state index is 3.65. The lowest BCUT2D eigenvalue weighted by molar-refractivity contribution is 0.371. The zero-order valence-electron chi connectivity index (χ0n) is 12.2. The van der Waals surface area contributed by atoms with Gasteiger partial charge in [-0.2, -0.15) is 0 Å². The number of anilines is 2. The van der Waals surface area contributed by atoms with Gasteiger partial charge in [0.05, 0.1) is 0 Å². The summed E-state index contributed by atoms with van der Waals surface area (Å²) in [6, 6.07) is 20.1. The Kier molecular flexibility index (Phi) is 3.64. The molecule has 1 fully saturated rings. The van der Waals surface area contributed by atoms with Crippen LogP contribution in [0.25, 0.3) is 0 Å². The maximum Gasteiger partial charge on any atom is 0.0361 e. The largest absolute Gasteiger partial charge is 0.382 e. The van der Waals surface area contributed by atoms with Crippen molar-refractivity contribution in [2.75, 3.05) is 24.3 Å². The summed E-state index contributed by atoms with van der Waals surface area (Å²) in [5.41, 5.74) is 3.95. The van der Waals surface area contributed by atoms with E-state index in [1.165, 1.54) is 29.8 Å². The molecule has 1 saturated carbocycles. The fourth-order valence-electron chi connectivity index (χ4n) is 2.84. The lowest BCUT2D eigenvalue weighted by Gasteiger charge is -2.38. The quantitative estimate of drug-likeness (QED) is 0.896. The fourth-order valence-corrected chi connectivity index (χ4v) is 2.84. The maximum atomic E-state index is 3.65. The van der Waals surface area contributed by atoms with E-state index in [2.05, 4.69) is 78.9 Å². The first kappa shape index (κ1) is 13.0. The number of hydrogen-bond donors (Lipinski definition) is 1. The second kappa shape index (κ2) is 5.58. The van der Waals surface area contributed by atoms with Gasteiger partial charge in [0, 0.05) is 37.4 Å². The van der Waals surface area contributed by atoms with Crippen LogP contribution in [0.3, 0.4) is 0 Å². The van der Waals surface area contributed by atoms with Crippen molar-refractivity contribution >= 4 is 11.4 Å². The third-order valence-corrected chi connectivity index (χ3v) is 4.24. The molecule has 0 amide bonds. The minimum atomic E-state index is 0.572. The van der Waals surface area contributed by atoms with E-state index < -0.39 is 0 Å². The molecule has 0 spiro atoms. The van der Waals surface area contributed by atoms with Crippen LogP contribution in [0, 0.1) is 0 Å². The molecule has 0 heterocycles. The molecule has 0 saturated heterocycles. The highest BCUT2D eigenvalue weighted by molar-refractivity contribution is 5.49. The minimum absolute atomic E-state index is 0.572. The molecule has 2 aromatic carbocycles. The van der Waals surface area contributed by atoms with Crippen molar-refractivity contribution < 1.29 is 0 Å². The zero-order chi connectivity index (χ0) is 13.9. The van der Waals surface area contributed by atoms with Gasteiger partial charge in [-0.3, -0.25) is 0 Å². The van der Waals surface area contributed by atoms with E-state index in [4.69, 9.17) is 0 Å². The molecule has 0 bridgehead atoms. The Morgan fingerprint density at radius 3 is 2.15 bits per heavy atom. The van der Waals surface area contributed by atoms with Gasteiger partial charge in [-0.1, -0.05) is 30.3 Å². The summed E-state index contributed by atoms with van der Waals surface area (Å²) in [5.74, 6) is 0.645. The van der Waals surface area contributed by atoms with Gasteiger partial charge in [-0.05, 0) is 42.7 Å². The molecule has 104 valence electrons. The molecule has 0 radical (unpaired) electrons. The second-order valence-corrected chi connectivity index (χ2v) is 5.79. The zero-order valence-corrected chi connectivity index (χ0v) is 12.2. The molecule has 0 aliphatic heterocycles. The van der Waals surface area contributed by atoms with E-state index >= 15 is 0 Å². The molecule has 20 heavy (non-hydrogen) atoms. The molecule has 0 aromatic heterocycles.